The van der Waals surface area contributed by atoms with Gasteiger partial charge in [-0.25, -0.2) is 9.97 Å². The maximum Gasteiger partial charge on any atom is 0.235 e. The minimum Gasteiger partial charge on any atom is -0.307 e. The Morgan fingerprint density at radius 1 is 0.344 bits per heavy atom. The molecule has 0 spiro atoms. The minimum absolute atomic E-state index is 0.645. The summed E-state index contributed by atoms with van der Waals surface area (Å²) in [5, 5.41) is 15.9. The lowest BCUT2D eigenvalue weighted by molar-refractivity contribution is 1.01. The van der Waals surface area contributed by atoms with Gasteiger partial charge in [0.05, 0.1) is 33.3 Å². The maximum absolute atomic E-state index is 5.68. The third-order valence-corrected chi connectivity index (χ3v) is 14.0. The molecule has 0 bridgehead atoms. The molecule has 0 radical (unpaired) electrons. The fraction of sp³-hybridized carbons (Fsp3) is 0. The van der Waals surface area contributed by atoms with E-state index in [0.717, 1.165) is 49.9 Å². The Morgan fingerprint density at radius 3 is 1.54 bits per heavy atom. The molecule has 14 aromatic rings. The van der Waals surface area contributed by atoms with Crippen LogP contribution >= 0.6 is 11.3 Å². The number of thiophene rings is 1. The average Bonchev–Trinajstić information content (AvgIpc) is 3.99. The Balaban J connectivity index is 1.23. The Kier molecular flexibility index (Phi) is 6.68. The van der Waals surface area contributed by atoms with Gasteiger partial charge in [0.2, 0.25) is 5.95 Å². The Labute approximate surface area is 352 Å². The quantitative estimate of drug-likeness (QED) is 0.167. The first-order chi connectivity index (χ1) is 30.3. The number of benzene rings is 10. The zero-order chi connectivity index (χ0) is 39.8. The maximum atomic E-state index is 5.68. The molecule has 0 N–H and O–H groups in total. The zero-order valence-electron chi connectivity index (χ0n) is 32.7. The van der Waals surface area contributed by atoms with Crippen LogP contribution in [0.4, 0.5) is 0 Å². The first-order valence-electron chi connectivity index (χ1n) is 20.8. The molecule has 0 aliphatic carbocycles. The number of rotatable bonds is 3. The SMILES string of the molecule is c1ccc(-n2c3ccccc3c3c4c5ccccc5c5ccccc5c4c4c5ccccc5n(-c5nc(-c6ccc7c(c6)sc6ccccc67)c6ccccc6n5)c4c32)cc1. The molecule has 282 valence electrons. The Bertz CT molecular complexity index is 4170. The Morgan fingerprint density at radius 2 is 0.852 bits per heavy atom. The summed E-state index contributed by atoms with van der Waals surface area (Å²) in [6.07, 6.45) is 0. The van der Waals surface area contributed by atoms with E-state index >= 15 is 0 Å². The fourth-order valence-corrected chi connectivity index (χ4v) is 11.6. The van der Waals surface area contributed by atoms with Gasteiger partial charge in [0.25, 0.3) is 0 Å². The van der Waals surface area contributed by atoms with Gasteiger partial charge in [0.1, 0.15) is 0 Å². The van der Waals surface area contributed by atoms with Gasteiger partial charge < -0.3 is 4.57 Å². The number of aromatic nitrogens is 4. The molecule has 0 unspecified atom stereocenters. The number of para-hydroxylation sites is 4. The van der Waals surface area contributed by atoms with E-state index in [9.17, 15) is 0 Å². The molecule has 4 aromatic heterocycles. The van der Waals surface area contributed by atoms with Crippen molar-refractivity contribution in [2.24, 2.45) is 0 Å². The molecular weight excluding hydrogens is 761 g/mol. The van der Waals surface area contributed by atoms with Crippen molar-refractivity contribution in [3.05, 3.63) is 194 Å². The van der Waals surface area contributed by atoms with E-state index in [0.29, 0.717) is 5.95 Å². The molecule has 0 fully saturated rings. The minimum atomic E-state index is 0.645. The molecule has 0 aliphatic heterocycles. The van der Waals surface area contributed by atoms with Gasteiger partial charge in [-0.3, -0.25) is 4.57 Å². The van der Waals surface area contributed by atoms with Crippen molar-refractivity contribution in [2.45, 2.75) is 0 Å². The smallest absolute Gasteiger partial charge is 0.235 e. The molecular formula is C56H32N4S. The van der Waals surface area contributed by atoms with Crippen LogP contribution in [0.2, 0.25) is 0 Å². The van der Waals surface area contributed by atoms with Gasteiger partial charge in [-0.15, -0.1) is 11.3 Å². The van der Waals surface area contributed by atoms with Crippen LogP contribution in [0, 0.1) is 0 Å². The second-order valence-electron chi connectivity index (χ2n) is 16.0. The van der Waals surface area contributed by atoms with Crippen LogP contribution in [-0.4, -0.2) is 19.1 Å². The van der Waals surface area contributed by atoms with Crippen molar-refractivity contribution in [1.82, 2.24) is 19.1 Å². The highest BCUT2D eigenvalue weighted by atomic mass is 32.1. The van der Waals surface area contributed by atoms with E-state index in [2.05, 4.69) is 203 Å². The van der Waals surface area contributed by atoms with Crippen LogP contribution in [0.15, 0.2) is 194 Å². The summed E-state index contributed by atoms with van der Waals surface area (Å²) >= 11 is 1.84. The molecule has 4 nitrogen and oxygen atoms in total. The highest BCUT2D eigenvalue weighted by molar-refractivity contribution is 7.25. The van der Waals surface area contributed by atoms with Crippen LogP contribution in [0.5, 0.6) is 0 Å². The van der Waals surface area contributed by atoms with Gasteiger partial charge in [-0.1, -0.05) is 152 Å². The lowest BCUT2D eigenvalue weighted by Crippen LogP contribution is -2.05. The highest BCUT2D eigenvalue weighted by Crippen LogP contribution is 2.51. The monoisotopic (exact) mass is 792 g/mol. The number of hydrogen-bond donors (Lipinski definition) is 0. The molecule has 14 rings (SSSR count). The van der Waals surface area contributed by atoms with Gasteiger partial charge in [0, 0.05) is 69.1 Å². The molecule has 0 aliphatic rings. The first-order valence-corrected chi connectivity index (χ1v) is 21.6. The predicted molar refractivity (Wildman–Crippen MR) is 259 cm³/mol. The van der Waals surface area contributed by atoms with E-state index in [-0.39, 0.29) is 0 Å². The molecule has 0 saturated carbocycles. The summed E-state index contributed by atoms with van der Waals surface area (Å²) in [5.41, 5.74) is 8.45. The summed E-state index contributed by atoms with van der Waals surface area (Å²) in [4.78, 5) is 11.2. The molecule has 61 heavy (non-hydrogen) atoms. The van der Waals surface area contributed by atoms with Crippen molar-refractivity contribution < 1.29 is 0 Å². The molecule has 0 saturated heterocycles. The normalized spacial score (nSPS) is 12.3. The third-order valence-electron chi connectivity index (χ3n) is 12.9. The number of fused-ring (bicyclic) bond motifs is 19. The van der Waals surface area contributed by atoms with E-state index in [4.69, 9.17) is 9.97 Å². The third kappa shape index (κ3) is 4.48. The molecule has 5 heteroatoms. The van der Waals surface area contributed by atoms with Crippen LogP contribution < -0.4 is 0 Å². The Hall–Kier alpha value is -7.86. The van der Waals surface area contributed by atoms with E-state index < -0.39 is 0 Å². The second-order valence-corrected chi connectivity index (χ2v) is 17.1. The van der Waals surface area contributed by atoms with Crippen LogP contribution in [0.25, 0.3) is 130 Å². The summed E-state index contributed by atoms with van der Waals surface area (Å²) < 4.78 is 7.38. The standard InChI is InChI=1S/C56H32N4S/c1-2-16-34(17-3-1)59-45-27-13-9-24-42(45)51-49-39-21-6-4-18-35(39)36-19-5-7-22-40(36)50(49)52-43-25-10-14-28-46(43)60(55(52)54(51)59)56-57-44-26-12-8-23-41(44)53(58-56)33-30-31-38-37-20-11-15-29-47(37)61-48(38)32-33/h1-32H. The molecule has 4 heterocycles. The molecule has 0 amide bonds. The summed E-state index contributed by atoms with van der Waals surface area (Å²) in [5.74, 6) is 0.645. The fourth-order valence-electron chi connectivity index (χ4n) is 10.4. The van der Waals surface area contributed by atoms with Crippen molar-refractivity contribution >= 4 is 118 Å². The average molecular weight is 793 g/mol. The lowest BCUT2D eigenvalue weighted by Gasteiger charge is -2.17. The first kappa shape index (κ1) is 33.0. The van der Waals surface area contributed by atoms with Crippen molar-refractivity contribution in [3.8, 4) is 22.9 Å². The summed E-state index contributed by atoms with van der Waals surface area (Å²) in [6.45, 7) is 0. The van der Waals surface area contributed by atoms with Gasteiger partial charge in [-0.2, -0.15) is 0 Å². The van der Waals surface area contributed by atoms with E-state index in [1.807, 2.05) is 11.3 Å². The van der Waals surface area contributed by atoms with Crippen molar-refractivity contribution in [2.75, 3.05) is 0 Å². The number of hydrogen-bond acceptors (Lipinski definition) is 3. The van der Waals surface area contributed by atoms with E-state index in [1.165, 1.54) is 74.0 Å². The van der Waals surface area contributed by atoms with Crippen molar-refractivity contribution in [3.63, 3.8) is 0 Å². The lowest BCUT2D eigenvalue weighted by atomic mass is 9.89. The summed E-state index contributed by atoms with van der Waals surface area (Å²) in [6, 6.07) is 70.5. The van der Waals surface area contributed by atoms with Crippen LogP contribution in [0.3, 0.4) is 0 Å². The molecule has 0 atom stereocenters. The topological polar surface area (TPSA) is 35.6 Å². The largest absolute Gasteiger partial charge is 0.307 e. The second kappa shape index (κ2) is 12.3. The van der Waals surface area contributed by atoms with Crippen molar-refractivity contribution in [1.29, 1.82) is 0 Å². The predicted octanol–water partition coefficient (Wildman–Crippen LogP) is 15.3. The van der Waals surface area contributed by atoms with Gasteiger partial charge >= 0.3 is 0 Å². The number of nitrogens with zero attached hydrogens (tertiary/aromatic N) is 4. The summed E-state index contributed by atoms with van der Waals surface area (Å²) in [7, 11) is 0. The zero-order valence-corrected chi connectivity index (χ0v) is 33.5. The molecule has 10 aromatic carbocycles. The van der Waals surface area contributed by atoms with E-state index in [1.54, 1.807) is 0 Å². The van der Waals surface area contributed by atoms with Gasteiger partial charge in [0.15, 0.2) is 0 Å². The van der Waals surface area contributed by atoms with Gasteiger partial charge in [-0.05, 0) is 64.0 Å². The van der Waals surface area contributed by atoms with Crippen LogP contribution in [-0.2, 0) is 0 Å². The highest BCUT2D eigenvalue weighted by Gasteiger charge is 2.28. The van der Waals surface area contributed by atoms with Crippen LogP contribution in [0.1, 0.15) is 0 Å².